The van der Waals surface area contributed by atoms with Crippen LogP contribution in [0.2, 0.25) is 0 Å². The number of thioether (sulfide) groups is 1. The van der Waals surface area contributed by atoms with Crippen LogP contribution in [0.1, 0.15) is 0 Å². The van der Waals surface area contributed by atoms with E-state index in [0.717, 1.165) is 0 Å². The van der Waals surface area contributed by atoms with E-state index in [9.17, 15) is 0 Å². The molecule has 0 unspecified atom stereocenters. The summed E-state index contributed by atoms with van der Waals surface area (Å²) in [7, 11) is 3.66. The van der Waals surface area contributed by atoms with Gasteiger partial charge in [0.2, 0.25) is 11.9 Å². The van der Waals surface area contributed by atoms with E-state index in [1.165, 1.54) is 11.8 Å². The molecule has 0 amide bonds. The Morgan fingerprint density at radius 2 is 2.07 bits per heavy atom. The molecule has 0 spiro atoms. The Balaban J connectivity index is 3.08. The molecule has 1 aromatic rings. The molecule has 0 atom stereocenters. The average molecular weight is 210 g/mol. The molecule has 0 aliphatic carbocycles. The maximum absolute atomic E-state index is 8.43. The summed E-state index contributed by atoms with van der Waals surface area (Å²) in [5, 5.41) is 11.4. The number of anilines is 2. The van der Waals surface area contributed by atoms with Crippen molar-refractivity contribution in [3.8, 4) is 6.19 Å². The number of hydrogen-bond acceptors (Lipinski definition) is 7. The molecule has 74 valence electrons. The maximum Gasteiger partial charge on any atom is 0.241 e. The predicted molar refractivity (Wildman–Crippen MR) is 55.2 cm³/mol. The molecule has 0 saturated heterocycles. The quantitative estimate of drug-likeness (QED) is 0.443. The van der Waals surface area contributed by atoms with Crippen molar-refractivity contribution in [1.82, 2.24) is 15.0 Å². The first-order valence-corrected chi connectivity index (χ1v) is 5.02. The zero-order valence-corrected chi connectivity index (χ0v) is 8.96. The summed E-state index contributed by atoms with van der Waals surface area (Å²) in [5.41, 5.74) is 0. The smallest absolute Gasteiger partial charge is 0.241 e. The van der Waals surface area contributed by atoms with Gasteiger partial charge >= 0.3 is 0 Å². The Bertz CT molecular complexity index is 358. The third-order valence-electron chi connectivity index (χ3n) is 1.35. The van der Waals surface area contributed by atoms with Gasteiger partial charge in [-0.05, 0) is 6.26 Å². The van der Waals surface area contributed by atoms with Gasteiger partial charge in [0.05, 0.1) is 0 Å². The molecule has 0 aromatic carbocycles. The second kappa shape index (κ2) is 4.62. The van der Waals surface area contributed by atoms with Crippen molar-refractivity contribution in [2.45, 2.75) is 5.16 Å². The Labute approximate surface area is 86.4 Å². The van der Waals surface area contributed by atoms with Crippen molar-refractivity contribution in [2.24, 2.45) is 0 Å². The van der Waals surface area contributed by atoms with Crippen molar-refractivity contribution in [1.29, 1.82) is 5.26 Å². The molecule has 0 radical (unpaired) electrons. The Hall–Kier alpha value is -1.55. The van der Waals surface area contributed by atoms with Crippen LogP contribution in [0.15, 0.2) is 5.16 Å². The fraction of sp³-hybridized carbons (Fsp3) is 0.429. The highest BCUT2D eigenvalue weighted by molar-refractivity contribution is 7.98. The number of hydrogen-bond donors (Lipinski definition) is 1. The van der Waals surface area contributed by atoms with Gasteiger partial charge in [-0.2, -0.15) is 20.2 Å². The van der Waals surface area contributed by atoms with Crippen molar-refractivity contribution in [3.05, 3.63) is 0 Å². The minimum absolute atomic E-state index is 0.274. The van der Waals surface area contributed by atoms with Crippen LogP contribution in [0.5, 0.6) is 0 Å². The largest absolute Gasteiger partial charge is 0.347 e. The number of nitrogens with zero attached hydrogens (tertiary/aromatic N) is 5. The van der Waals surface area contributed by atoms with E-state index in [0.29, 0.717) is 11.1 Å². The van der Waals surface area contributed by atoms with Crippen molar-refractivity contribution >= 4 is 23.7 Å². The summed E-state index contributed by atoms with van der Waals surface area (Å²) in [6.07, 6.45) is 3.64. The maximum atomic E-state index is 8.43. The molecule has 1 heterocycles. The number of rotatable bonds is 3. The van der Waals surface area contributed by atoms with E-state index in [1.54, 1.807) is 11.1 Å². The van der Waals surface area contributed by atoms with E-state index in [4.69, 9.17) is 5.26 Å². The van der Waals surface area contributed by atoms with Gasteiger partial charge in [-0.3, -0.25) is 5.32 Å². The highest BCUT2D eigenvalue weighted by Crippen LogP contribution is 2.14. The molecule has 1 aromatic heterocycles. The van der Waals surface area contributed by atoms with Crippen LogP contribution in [0, 0.1) is 11.5 Å². The summed E-state index contributed by atoms with van der Waals surface area (Å²) in [4.78, 5) is 13.9. The fourth-order valence-electron chi connectivity index (χ4n) is 0.743. The molecule has 0 aliphatic heterocycles. The third kappa shape index (κ3) is 2.47. The Kier molecular flexibility index (Phi) is 3.48. The van der Waals surface area contributed by atoms with Crippen LogP contribution in [0.3, 0.4) is 0 Å². The second-order valence-corrected chi connectivity index (χ2v) is 3.35. The molecule has 7 heteroatoms. The van der Waals surface area contributed by atoms with E-state index >= 15 is 0 Å². The molecule has 1 rings (SSSR count). The van der Waals surface area contributed by atoms with Gasteiger partial charge in [0, 0.05) is 14.1 Å². The molecule has 0 saturated carbocycles. The van der Waals surface area contributed by atoms with Gasteiger partial charge in [-0.15, -0.1) is 0 Å². The standard InChI is InChI=1S/C7H10N6S/c1-13(2)6-10-5(9-4-8)11-7(12-6)14-3/h1-3H3,(H,9,10,11,12). The summed E-state index contributed by atoms with van der Waals surface area (Å²) in [6.45, 7) is 0. The molecular formula is C7H10N6S. The zero-order chi connectivity index (χ0) is 10.6. The Morgan fingerprint density at radius 1 is 1.36 bits per heavy atom. The highest BCUT2D eigenvalue weighted by Gasteiger charge is 2.06. The first-order valence-electron chi connectivity index (χ1n) is 3.80. The van der Waals surface area contributed by atoms with Crippen molar-refractivity contribution < 1.29 is 0 Å². The number of nitriles is 1. The van der Waals surface area contributed by atoms with E-state index in [2.05, 4.69) is 20.3 Å². The lowest BCUT2D eigenvalue weighted by Crippen LogP contribution is -2.14. The number of nitrogens with one attached hydrogen (secondary N) is 1. The molecule has 14 heavy (non-hydrogen) atoms. The van der Waals surface area contributed by atoms with Crippen LogP contribution >= 0.6 is 11.8 Å². The molecular weight excluding hydrogens is 200 g/mol. The van der Waals surface area contributed by atoms with Crippen LogP contribution in [0.25, 0.3) is 0 Å². The van der Waals surface area contributed by atoms with Crippen LogP contribution in [-0.4, -0.2) is 35.3 Å². The monoisotopic (exact) mass is 210 g/mol. The summed E-state index contributed by atoms with van der Waals surface area (Å²) in [6, 6.07) is 0. The lowest BCUT2D eigenvalue weighted by molar-refractivity contribution is 0.874. The zero-order valence-electron chi connectivity index (χ0n) is 8.14. The Morgan fingerprint density at radius 3 is 2.57 bits per heavy atom. The van der Waals surface area contributed by atoms with E-state index in [-0.39, 0.29) is 5.95 Å². The first kappa shape index (κ1) is 10.5. The number of aromatic nitrogens is 3. The van der Waals surface area contributed by atoms with E-state index < -0.39 is 0 Å². The lowest BCUT2D eigenvalue weighted by Gasteiger charge is -2.10. The summed E-state index contributed by atoms with van der Waals surface area (Å²) < 4.78 is 0. The van der Waals surface area contributed by atoms with Gasteiger partial charge in [0.1, 0.15) is 0 Å². The lowest BCUT2D eigenvalue weighted by atomic mass is 10.8. The first-order chi connectivity index (χ1) is 6.67. The minimum Gasteiger partial charge on any atom is -0.347 e. The van der Waals surface area contributed by atoms with Crippen molar-refractivity contribution in [2.75, 3.05) is 30.6 Å². The molecule has 6 nitrogen and oxygen atoms in total. The topological polar surface area (TPSA) is 77.7 Å². The van der Waals surface area contributed by atoms with Gasteiger partial charge in [-0.25, -0.2) is 0 Å². The predicted octanol–water partition coefficient (Wildman–Crippen LogP) is 0.552. The van der Waals surface area contributed by atoms with Gasteiger partial charge in [0.25, 0.3) is 0 Å². The molecule has 1 N–H and O–H groups in total. The van der Waals surface area contributed by atoms with Crippen LogP contribution in [0.4, 0.5) is 11.9 Å². The van der Waals surface area contributed by atoms with Crippen LogP contribution < -0.4 is 10.2 Å². The third-order valence-corrected chi connectivity index (χ3v) is 1.90. The van der Waals surface area contributed by atoms with Crippen LogP contribution in [-0.2, 0) is 0 Å². The van der Waals surface area contributed by atoms with Gasteiger partial charge in [0.15, 0.2) is 11.3 Å². The summed E-state index contributed by atoms with van der Waals surface area (Å²) in [5.74, 6) is 0.803. The summed E-state index contributed by atoms with van der Waals surface area (Å²) >= 11 is 1.40. The average Bonchev–Trinajstić information content (AvgIpc) is 2.17. The molecule has 0 aliphatic rings. The van der Waals surface area contributed by atoms with Gasteiger partial charge < -0.3 is 4.90 Å². The van der Waals surface area contributed by atoms with Crippen molar-refractivity contribution in [3.63, 3.8) is 0 Å². The fourth-order valence-corrected chi connectivity index (χ4v) is 1.09. The minimum atomic E-state index is 0.274. The molecule has 0 fully saturated rings. The second-order valence-electron chi connectivity index (χ2n) is 2.58. The van der Waals surface area contributed by atoms with E-state index in [1.807, 2.05) is 20.4 Å². The highest BCUT2D eigenvalue weighted by atomic mass is 32.2. The SMILES string of the molecule is CSc1nc(NC#N)nc(N(C)C)n1. The normalized spacial score (nSPS) is 9.29. The molecule has 0 bridgehead atoms. The van der Waals surface area contributed by atoms with Gasteiger partial charge in [-0.1, -0.05) is 11.8 Å².